The molecule has 0 fully saturated rings. The van der Waals surface area contributed by atoms with Gasteiger partial charge in [0.2, 0.25) is 0 Å². The summed E-state index contributed by atoms with van der Waals surface area (Å²) in [5.41, 5.74) is 5.61. The van der Waals surface area contributed by atoms with E-state index in [1.54, 1.807) is 0 Å². The second kappa shape index (κ2) is 8.02. The highest BCUT2D eigenvalue weighted by molar-refractivity contribution is 4.60. The summed E-state index contributed by atoms with van der Waals surface area (Å²) in [6.45, 7) is 7.40. The molecule has 0 saturated carbocycles. The summed E-state index contributed by atoms with van der Waals surface area (Å²) in [5, 5.41) is 3.32. The Labute approximate surface area is 70.5 Å². The van der Waals surface area contributed by atoms with Gasteiger partial charge in [0.1, 0.15) is 0 Å². The van der Waals surface area contributed by atoms with Crippen LogP contribution in [0.25, 0.3) is 0 Å². The molecule has 11 heavy (non-hydrogen) atoms. The first-order valence-corrected chi connectivity index (χ1v) is 4.75. The van der Waals surface area contributed by atoms with Gasteiger partial charge >= 0.3 is 0 Å². The van der Waals surface area contributed by atoms with E-state index in [4.69, 9.17) is 5.73 Å². The smallest absolute Gasteiger partial charge is 0.00459 e. The molecular weight excluding hydrogens is 136 g/mol. The maximum absolute atomic E-state index is 5.61. The van der Waals surface area contributed by atoms with Crippen molar-refractivity contribution in [2.24, 2.45) is 11.7 Å². The van der Waals surface area contributed by atoms with Crippen molar-refractivity contribution in [2.75, 3.05) is 19.6 Å². The molecule has 0 amide bonds. The largest absolute Gasteiger partial charge is 0.330 e. The van der Waals surface area contributed by atoms with Crippen molar-refractivity contribution in [3.05, 3.63) is 0 Å². The molecule has 0 aromatic carbocycles. The van der Waals surface area contributed by atoms with Gasteiger partial charge in [-0.2, -0.15) is 0 Å². The monoisotopic (exact) mass is 158 g/mol. The quantitative estimate of drug-likeness (QED) is 0.549. The highest BCUT2D eigenvalue weighted by Crippen LogP contribution is 2.07. The van der Waals surface area contributed by atoms with E-state index < -0.39 is 0 Å². The van der Waals surface area contributed by atoms with Crippen LogP contribution in [0, 0.1) is 5.92 Å². The zero-order chi connectivity index (χ0) is 8.53. The molecule has 68 valence electrons. The molecule has 3 N–H and O–H groups in total. The van der Waals surface area contributed by atoms with Gasteiger partial charge in [-0.25, -0.2) is 0 Å². The maximum atomic E-state index is 5.61. The Morgan fingerprint density at radius 2 is 2.00 bits per heavy atom. The molecule has 0 aliphatic heterocycles. The minimum atomic E-state index is 0.735. The fourth-order valence-electron chi connectivity index (χ4n) is 1.27. The molecular formula is C9H22N2. The molecule has 2 nitrogen and oxygen atoms in total. The third-order valence-electron chi connectivity index (χ3n) is 2.01. The summed E-state index contributed by atoms with van der Waals surface area (Å²) in [6.07, 6.45) is 3.77. The van der Waals surface area contributed by atoms with E-state index >= 15 is 0 Å². The SMILES string of the molecule is CCCC(CN)CCNCC. The van der Waals surface area contributed by atoms with Crippen molar-refractivity contribution in [3.8, 4) is 0 Å². The van der Waals surface area contributed by atoms with E-state index in [2.05, 4.69) is 19.2 Å². The summed E-state index contributed by atoms with van der Waals surface area (Å²) in [6, 6.07) is 0. The van der Waals surface area contributed by atoms with E-state index in [1.807, 2.05) is 0 Å². The molecule has 1 unspecified atom stereocenters. The van der Waals surface area contributed by atoms with Crippen LogP contribution in [0.3, 0.4) is 0 Å². The Morgan fingerprint density at radius 1 is 1.27 bits per heavy atom. The van der Waals surface area contributed by atoms with E-state index in [-0.39, 0.29) is 0 Å². The Bertz CT molecular complexity index is 74.0. The molecule has 0 bridgehead atoms. The van der Waals surface area contributed by atoms with Crippen LogP contribution < -0.4 is 11.1 Å². The van der Waals surface area contributed by atoms with Crippen LogP contribution in [0.15, 0.2) is 0 Å². The van der Waals surface area contributed by atoms with Crippen molar-refractivity contribution in [1.29, 1.82) is 0 Å². The lowest BCUT2D eigenvalue weighted by Gasteiger charge is -2.12. The Kier molecular flexibility index (Phi) is 7.96. The van der Waals surface area contributed by atoms with Crippen LogP contribution in [0.4, 0.5) is 0 Å². The van der Waals surface area contributed by atoms with Crippen molar-refractivity contribution in [1.82, 2.24) is 5.32 Å². The predicted octanol–water partition coefficient (Wildman–Crippen LogP) is 1.36. The summed E-state index contributed by atoms with van der Waals surface area (Å²) >= 11 is 0. The topological polar surface area (TPSA) is 38.0 Å². The van der Waals surface area contributed by atoms with Crippen molar-refractivity contribution in [2.45, 2.75) is 33.1 Å². The van der Waals surface area contributed by atoms with Gasteiger partial charge in [-0.15, -0.1) is 0 Å². The Hall–Kier alpha value is -0.0800. The lowest BCUT2D eigenvalue weighted by Crippen LogP contribution is -2.22. The van der Waals surface area contributed by atoms with Gasteiger partial charge in [0.05, 0.1) is 0 Å². The van der Waals surface area contributed by atoms with Crippen LogP contribution >= 0.6 is 0 Å². The fourth-order valence-corrected chi connectivity index (χ4v) is 1.27. The van der Waals surface area contributed by atoms with Crippen LogP contribution in [-0.2, 0) is 0 Å². The molecule has 0 aliphatic rings. The summed E-state index contributed by atoms with van der Waals surface area (Å²) in [5.74, 6) is 0.735. The van der Waals surface area contributed by atoms with E-state index in [1.165, 1.54) is 19.3 Å². The first kappa shape index (κ1) is 10.9. The molecule has 0 aromatic rings. The minimum absolute atomic E-state index is 0.735. The summed E-state index contributed by atoms with van der Waals surface area (Å²) < 4.78 is 0. The molecule has 0 aromatic heterocycles. The number of rotatable bonds is 7. The van der Waals surface area contributed by atoms with Gasteiger partial charge in [-0.1, -0.05) is 20.3 Å². The second-order valence-electron chi connectivity index (χ2n) is 3.03. The molecule has 0 saturated heterocycles. The zero-order valence-corrected chi connectivity index (χ0v) is 7.90. The maximum Gasteiger partial charge on any atom is -0.00459 e. The van der Waals surface area contributed by atoms with Gasteiger partial charge in [0.25, 0.3) is 0 Å². The fraction of sp³-hybridized carbons (Fsp3) is 1.00. The standard InChI is InChI=1S/C9H22N2/c1-3-5-9(8-10)6-7-11-4-2/h9,11H,3-8,10H2,1-2H3. The van der Waals surface area contributed by atoms with Crippen molar-refractivity contribution in [3.63, 3.8) is 0 Å². The normalized spacial score (nSPS) is 13.4. The lowest BCUT2D eigenvalue weighted by molar-refractivity contribution is 0.442. The molecule has 0 aliphatic carbocycles. The number of nitrogens with one attached hydrogen (secondary N) is 1. The summed E-state index contributed by atoms with van der Waals surface area (Å²) in [4.78, 5) is 0. The van der Waals surface area contributed by atoms with Gasteiger partial charge in [-0.3, -0.25) is 0 Å². The number of hydrogen-bond acceptors (Lipinski definition) is 2. The number of nitrogens with two attached hydrogens (primary N) is 1. The van der Waals surface area contributed by atoms with Crippen LogP contribution in [0.5, 0.6) is 0 Å². The lowest BCUT2D eigenvalue weighted by atomic mass is 10.0. The molecule has 0 radical (unpaired) electrons. The highest BCUT2D eigenvalue weighted by atomic mass is 14.8. The molecule has 2 heteroatoms. The van der Waals surface area contributed by atoms with E-state index in [0.717, 1.165) is 25.6 Å². The van der Waals surface area contributed by atoms with E-state index in [9.17, 15) is 0 Å². The third kappa shape index (κ3) is 6.32. The molecule has 0 heterocycles. The third-order valence-corrected chi connectivity index (χ3v) is 2.01. The minimum Gasteiger partial charge on any atom is -0.330 e. The van der Waals surface area contributed by atoms with Crippen molar-refractivity contribution >= 4 is 0 Å². The first-order valence-electron chi connectivity index (χ1n) is 4.75. The van der Waals surface area contributed by atoms with Crippen LogP contribution in [0.2, 0.25) is 0 Å². The average Bonchev–Trinajstić information content (AvgIpc) is 2.03. The van der Waals surface area contributed by atoms with E-state index in [0.29, 0.717) is 0 Å². The van der Waals surface area contributed by atoms with Gasteiger partial charge in [0.15, 0.2) is 0 Å². The van der Waals surface area contributed by atoms with Crippen molar-refractivity contribution < 1.29 is 0 Å². The predicted molar refractivity (Wildman–Crippen MR) is 50.6 cm³/mol. The molecule has 0 rings (SSSR count). The molecule has 0 spiro atoms. The van der Waals surface area contributed by atoms with Gasteiger partial charge in [0, 0.05) is 0 Å². The van der Waals surface area contributed by atoms with Gasteiger partial charge < -0.3 is 11.1 Å². The molecule has 1 atom stereocenters. The summed E-state index contributed by atoms with van der Waals surface area (Å²) in [7, 11) is 0. The first-order chi connectivity index (χ1) is 5.35. The van der Waals surface area contributed by atoms with Crippen LogP contribution in [-0.4, -0.2) is 19.6 Å². The van der Waals surface area contributed by atoms with Crippen LogP contribution in [0.1, 0.15) is 33.1 Å². The Morgan fingerprint density at radius 3 is 2.45 bits per heavy atom. The highest BCUT2D eigenvalue weighted by Gasteiger charge is 2.03. The zero-order valence-electron chi connectivity index (χ0n) is 7.90. The number of hydrogen-bond donors (Lipinski definition) is 2. The average molecular weight is 158 g/mol. The van der Waals surface area contributed by atoms with Gasteiger partial charge in [-0.05, 0) is 38.4 Å². The second-order valence-corrected chi connectivity index (χ2v) is 3.03. The Balaban J connectivity index is 3.20.